The second-order valence-corrected chi connectivity index (χ2v) is 5.79. The number of amides is 1. The number of hydrogen-bond donors (Lipinski definition) is 1. The Bertz CT molecular complexity index is 580. The van der Waals surface area contributed by atoms with Crippen LogP contribution in [0.4, 0.5) is 0 Å². The quantitative estimate of drug-likeness (QED) is 0.851. The molecule has 0 saturated carbocycles. The molecule has 2 atom stereocenters. The van der Waals surface area contributed by atoms with Gasteiger partial charge in [-0.05, 0) is 36.1 Å². The monoisotopic (exact) mass is 301 g/mol. The van der Waals surface area contributed by atoms with E-state index in [0.717, 1.165) is 5.56 Å². The summed E-state index contributed by atoms with van der Waals surface area (Å²) in [6.45, 7) is 4.05. The number of hydrogen-bond acceptors (Lipinski definition) is 1. The molecule has 0 saturated heterocycles. The SMILES string of the molecule is C[C@H](CC(=O)N[C@@H](C)c1ccc(Cl)cc1)c1ccccc1. The molecular weight excluding hydrogens is 282 g/mol. The summed E-state index contributed by atoms with van der Waals surface area (Å²) in [5, 5.41) is 3.74. The van der Waals surface area contributed by atoms with Crippen molar-refractivity contribution in [3.63, 3.8) is 0 Å². The minimum atomic E-state index is -0.0160. The first-order chi connectivity index (χ1) is 10.1. The van der Waals surface area contributed by atoms with E-state index in [1.165, 1.54) is 5.56 Å². The number of carbonyl (C=O) groups excluding carboxylic acids is 1. The summed E-state index contributed by atoms with van der Waals surface area (Å²) >= 11 is 5.87. The molecule has 0 aliphatic rings. The predicted molar refractivity (Wildman–Crippen MR) is 87.5 cm³/mol. The largest absolute Gasteiger partial charge is 0.350 e. The van der Waals surface area contributed by atoms with Gasteiger partial charge in [-0.15, -0.1) is 0 Å². The van der Waals surface area contributed by atoms with E-state index in [1.54, 1.807) is 0 Å². The summed E-state index contributed by atoms with van der Waals surface area (Å²) in [6.07, 6.45) is 0.488. The van der Waals surface area contributed by atoms with Crippen molar-refractivity contribution in [3.05, 3.63) is 70.7 Å². The number of carbonyl (C=O) groups is 1. The maximum atomic E-state index is 12.1. The standard InChI is InChI=1S/C18H20ClNO/c1-13(15-6-4-3-5-7-15)12-18(21)20-14(2)16-8-10-17(19)11-9-16/h3-11,13-14H,12H2,1-2H3,(H,20,21)/t13-,14+/m1/s1. The van der Waals surface area contributed by atoms with Crippen LogP contribution in [0.1, 0.15) is 43.4 Å². The van der Waals surface area contributed by atoms with E-state index in [-0.39, 0.29) is 17.9 Å². The molecule has 2 aromatic rings. The van der Waals surface area contributed by atoms with Crippen molar-refractivity contribution in [1.29, 1.82) is 0 Å². The van der Waals surface area contributed by atoms with Gasteiger partial charge in [0.1, 0.15) is 0 Å². The van der Waals surface area contributed by atoms with Gasteiger partial charge in [0.15, 0.2) is 0 Å². The molecule has 0 radical (unpaired) electrons. The van der Waals surface area contributed by atoms with Crippen molar-refractivity contribution < 1.29 is 4.79 Å². The van der Waals surface area contributed by atoms with Crippen LogP contribution >= 0.6 is 11.6 Å². The molecular formula is C18H20ClNO. The number of nitrogens with one attached hydrogen (secondary N) is 1. The lowest BCUT2D eigenvalue weighted by Gasteiger charge is -2.17. The fourth-order valence-corrected chi connectivity index (χ4v) is 2.44. The lowest BCUT2D eigenvalue weighted by Crippen LogP contribution is -2.27. The molecule has 0 unspecified atom stereocenters. The van der Waals surface area contributed by atoms with Gasteiger partial charge >= 0.3 is 0 Å². The number of rotatable bonds is 5. The van der Waals surface area contributed by atoms with Crippen molar-refractivity contribution in [3.8, 4) is 0 Å². The Morgan fingerprint density at radius 1 is 1.00 bits per heavy atom. The van der Waals surface area contributed by atoms with Gasteiger partial charge in [0.25, 0.3) is 0 Å². The van der Waals surface area contributed by atoms with Crippen molar-refractivity contribution >= 4 is 17.5 Å². The molecule has 0 heterocycles. The van der Waals surface area contributed by atoms with Crippen LogP contribution in [-0.2, 0) is 4.79 Å². The molecule has 0 spiro atoms. The highest BCUT2D eigenvalue weighted by Crippen LogP contribution is 2.20. The maximum Gasteiger partial charge on any atom is 0.221 e. The highest BCUT2D eigenvalue weighted by molar-refractivity contribution is 6.30. The molecule has 2 rings (SSSR count). The minimum absolute atomic E-state index is 0.0160. The van der Waals surface area contributed by atoms with Crippen LogP contribution in [-0.4, -0.2) is 5.91 Å². The summed E-state index contributed by atoms with van der Waals surface area (Å²) < 4.78 is 0. The van der Waals surface area contributed by atoms with Crippen molar-refractivity contribution in [2.24, 2.45) is 0 Å². The van der Waals surface area contributed by atoms with Crippen LogP contribution in [0.2, 0.25) is 5.02 Å². The highest BCUT2D eigenvalue weighted by Gasteiger charge is 2.14. The third-order valence-corrected chi connectivity index (χ3v) is 3.86. The van der Waals surface area contributed by atoms with Gasteiger partial charge < -0.3 is 5.32 Å². The summed E-state index contributed by atoms with van der Waals surface area (Å²) in [7, 11) is 0. The molecule has 110 valence electrons. The molecule has 2 aromatic carbocycles. The molecule has 21 heavy (non-hydrogen) atoms. The molecule has 0 bridgehead atoms. The van der Waals surface area contributed by atoms with Gasteiger partial charge in [0, 0.05) is 11.4 Å². The Kier molecular flexibility index (Phi) is 5.40. The van der Waals surface area contributed by atoms with E-state index in [0.29, 0.717) is 11.4 Å². The zero-order valence-electron chi connectivity index (χ0n) is 12.3. The molecule has 0 fully saturated rings. The van der Waals surface area contributed by atoms with Crippen molar-refractivity contribution in [2.45, 2.75) is 32.2 Å². The van der Waals surface area contributed by atoms with E-state index in [4.69, 9.17) is 11.6 Å². The summed E-state index contributed by atoms with van der Waals surface area (Å²) in [4.78, 5) is 12.1. The van der Waals surface area contributed by atoms with E-state index in [1.807, 2.05) is 49.4 Å². The van der Waals surface area contributed by atoms with E-state index in [2.05, 4.69) is 24.4 Å². The van der Waals surface area contributed by atoms with Gasteiger partial charge in [0.2, 0.25) is 5.91 Å². The third-order valence-electron chi connectivity index (χ3n) is 3.61. The highest BCUT2D eigenvalue weighted by atomic mass is 35.5. The molecule has 0 aliphatic carbocycles. The van der Waals surface area contributed by atoms with Crippen LogP contribution in [0.5, 0.6) is 0 Å². The van der Waals surface area contributed by atoms with E-state index in [9.17, 15) is 4.79 Å². The van der Waals surface area contributed by atoms with Crippen LogP contribution in [0.3, 0.4) is 0 Å². The van der Waals surface area contributed by atoms with Crippen molar-refractivity contribution in [1.82, 2.24) is 5.32 Å². The Morgan fingerprint density at radius 2 is 1.62 bits per heavy atom. The summed E-state index contributed by atoms with van der Waals surface area (Å²) in [5.41, 5.74) is 2.24. The third kappa shape index (κ3) is 4.61. The Balaban J connectivity index is 1.91. The van der Waals surface area contributed by atoms with Gasteiger partial charge in [-0.25, -0.2) is 0 Å². The molecule has 1 N–H and O–H groups in total. The molecule has 2 nitrogen and oxygen atoms in total. The lowest BCUT2D eigenvalue weighted by molar-refractivity contribution is -0.122. The first kappa shape index (κ1) is 15.6. The summed E-state index contributed by atoms with van der Waals surface area (Å²) in [6, 6.07) is 17.6. The Labute approximate surface area is 131 Å². The zero-order chi connectivity index (χ0) is 15.2. The van der Waals surface area contributed by atoms with Gasteiger partial charge in [-0.3, -0.25) is 4.79 Å². The second-order valence-electron chi connectivity index (χ2n) is 5.36. The lowest BCUT2D eigenvalue weighted by atomic mass is 9.97. The van der Waals surface area contributed by atoms with Gasteiger partial charge in [0.05, 0.1) is 6.04 Å². The first-order valence-corrected chi connectivity index (χ1v) is 7.54. The van der Waals surface area contributed by atoms with Gasteiger partial charge in [-0.1, -0.05) is 61.0 Å². The van der Waals surface area contributed by atoms with E-state index >= 15 is 0 Å². The van der Waals surface area contributed by atoms with Crippen molar-refractivity contribution in [2.75, 3.05) is 0 Å². The average molecular weight is 302 g/mol. The Hall–Kier alpha value is -1.80. The molecule has 1 amide bonds. The van der Waals surface area contributed by atoms with Crippen LogP contribution in [0, 0.1) is 0 Å². The van der Waals surface area contributed by atoms with Crippen LogP contribution < -0.4 is 5.32 Å². The molecule has 3 heteroatoms. The summed E-state index contributed by atoms with van der Waals surface area (Å²) in [5.74, 6) is 0.275. The van der Waals surface area contributed by atoms with E-state index < -0.39 is 0 Å². The average Bonchev–Trinajstić information content (AvgIpc) is 2.48. The van der Waals surface area contributed by atoms with Gasteiger partial charge in [-0.2, -0.15) is 0 Å². The maximum absolute atomic E-state index is 12.1. The Morgan fingerprint density at radius 3 is 2.24 bits per heavy atom. The zero-order valence-corrected chi connectivity index (χ0v) is 13.1. The number of benzene rings is 2. The second kappa shape index (κ2) is 7.28. The minimum Gasteiger partial charge on any atom is -0.350 e. The normalized spacial score (nSPS) is 13.5. The number of halogens is 1. The fourth-order valence-electron chi connectivity index (χ4n) is 2.31. The smallest absolute Gasteiger partial charge is 0.221 e. The van der Waals surface area contributed by atoms with Crippen LogP contribution in [0.15, 0.2) is 54.6 Å². The van der Waals surface area contributed by atoms with Crippen LogP contribution in [0.25, 0.3) is 0 Å². The fraction of sp³-hybridized carbons (Fsp3) is 0.278. The predicted octanol–water partition coefficient (Wildman–Crippen LogP) is 4.71. The molecule has 0 aliphatic heterocycles. The molecule has 0 aromatic heterocycles. The topological polar surface area (TPSA) is 29.1 Å². The first-order valence-electron chi connectivity index (χ1n) is 7.16.